The zero-order valence-electron chi connectivity index (χ0n) is 14.3. The van der Waals surface area contributed by atoms with Gasteiger partial charge in [0.1, 0.15) is 0 Å². The molecule has 0 radical (unpaired) electrons. The summed E-state index contributed by atoms with van der Waals surface area (Å²) in [5.74, 6) is 0. The van der Waals surface area contributed by atoms with Gasteiger partial charge in [0.2, 0.25) is 0 Å². The van der Waals surface area contributed by atoms with E-state index in [0.717, 1.165) is 13.1 Å². The third-order valence-corrected chi connectivity index (χ3v) is 4.81. The van der Waals surface area contributed by atoms with Crippen LogP contribution in [0.15, 0.2) is 12.1 Å². The first-order chi connectivity index (χ1) is 9.88. The van der Waals surface area contributed by atoms with E-state index in [2.05, 4.69) is 56.8 Å². The Morgan fingerprint density at radius 2 is 1.90 bits per heavy atom. The maximum absolute atomic E-state index is 6.50. The Hall–Kier alpha value is -0.900. The van der Waals surface area contributed by atoms with Crippen LogP contribution in [0.25, 0.3) is 0 Å². The molecule has 0 saturated carbocycles. The number of hydrogen-bond donors (Lipinski definition) is 1. The molecule has 1 heterocycles. The van der Waals surface area contributed by atoms with Crippen LogP contribution in [0.5, 0.6) is 0 Å². The van der Waals surface area contributed by atoms with Gasteiger partial charge >= 0.3 is 0 Å². The number of nitrogens with two attached hydrogens (primary N) is 1. The fourth-order valence-electron chi connectivity index (χ4n) is 3.85. The van der Waals surface area contributed by atoms with Gasteiger partial charge in [-0.25, -0.2) is 0 Å². The highest BCUT2D eigenvalue weighted by atomic mass is 15.2. The van der Waals surface area contributed by atoms with Crippen LogP contribution < -0.4 is 5.73 Å². The van der Waals surface area contributed by atoms with Gasteiger partial charge in [-0.15, -0.1) is 0 Å². The first kappa shape index (κ1) is 16.5. The Kier molecular flexibility index (Phi) is 5.42. The molecule has 0 aliphatic carbocycles. The molecule has 118 valence electrons. The standard InChI is InChI=1S/C18H31N3/c1-13-9-14(2)18(15(3)10-13)17(19)12-20(4)11-16-7-6-8-21(16)5/h9-10,16-17H,6-8,11-12,19H2,1-5H3. The van der Waals surface area contributed by atoms with Crippen LogP contribution >= 0.6 is 0 Å². The van der Waals surface area contributed by atoms with Gasteiger partial charge in [-0.2, -0.15) is 0 Å². The lowest BCUT2D eigenvalue weighted by Gasteiger charge is -2.29. The highest BCUT2D eigenvalue weighted by Crippen LogP contribution is 2.23. The minimum atomic E-state index is 0.0994. The quantitative estimate of drug-likeness (QED) is 0.904. The van der Waals surface area contributed by atoms with Crippen LogP contribution in [0.1, 0.15) is 41.1 Å². The van der Waals surface area contributed by atoms with Crippen molar-refractivity contribution in [1.82, 2.24) is 9.80 Å². The normalized spacial score (nSPS) is 21.2. The van der Waals surface area contributed by atoms with Crippen molar-refractivity contribution in [3.63, 3.8) is 0 Å². The molecule has 3 nitrogen and oxygen atoms in total. The van der Waals surface area contributed by atoms with Gasteiger partial charge in [-0.05, 0) is 70.9 Å². The number of nitrogens with zero attached hydrogens (tertiary/aromatic N) is 2. The van der Waals surface area contributed by atoms with Crippen molar-refractivity contribution in [3.8, 4) is 0 Å². The number of benzene rings is 1. The van der Waals surface area contributed by atoms with Crippen molar-refractivity contribution in [2.45, 2.75) is 45.7 Å². The molecule has 1 aromatic rings. The summed E-state index contributed by atoms with van der Waals surface area (Å²) in [5, 5.41) is 0. The van der Waals surface area contributed by atoms with Crippen molar-refractivity contribution < 1.29 is 0 Å². The molecule has 0 amide bonds. The summed E-state index contributed by atoms with van der Waals surface area (Å²) in [6, 6.07) is 5.28. The van der Waals surface area contributed by atoms with Gasteiger partial charge in [0.15, 0.2) is 0 Å². The second-order valence-corrected chi connectivity index (χ2v) is 6.92. The van der Waals surface area contributed by atoms with Gasteiger partial charge in [-0.3, -0.25) is 0 Å². The van der Waals surface area contributed by atoms with Crippen LogP contribution in [-0.4, -0.2) is 49.6 Å². The Balaban J connectivity index is 1.99. The summed E-state index contributed by atoms with van der Waals surface area (Å²) in [4.78, 5) is 4.88. The van der Waals surface area contributed by atoms with Gasteiger partial charge < -0.3 is 15.5 Å². The number of rotatable bonds is 5. The van der Waals surface area contributed by atoms with Crippen molar-refractivity contribution >= 4 is 0 Å². The smallest absolute Gasteiger partial charge is 0.0429 e. The molecule has 2 N–H and O–H groups in total. The van der Waals surface area contributed by atoms with E-state index >= 15 is 0 Å². The van der Waals surface area contributed by atoms with E-state index in [1.54, 1.807) is 0 Å². The molecular weight excluding hydrogens is 258 g/mol. The van der Waals surface area contributed by atoms with E-state index in [0.29, 0.717) is 6.04 Å². The van der Waals surface area contributed by atoms with E-state index in [1.165, 1.54) is 41.6 Å². The molecule has 2 atom stereocenters. The van der Waals surface area contributed by atoms with Crippen molar-refractivity contribution in [2.24, 2.45) is 5.73 Å². The van der Waals surface area contributed by atoms with Gasteiger partial charge in [0, 0.05) is 25.2 Å². The van der Waals surface area contributed by atoms with Crippen LogP contribution in [0, 0.1) is 20.8 Å². The fourth-order valence-corrected chi connectivity index (χ4v) is 3.85. The number of likely N-dealkylation sites (tertiary alicyclic amines) is 1. The third-order valence-electron chi connectivity index (χ3n) is 4.81. The zero-order chi connectivity index (χ0) is 15.6. The highest BCUT2D eigenvalue weighted by Gasteiger charge is 2.23. The molecule has 3 heteroatoms. The van der Waals surface area contributed by atoms with Crippen molar-refractivity contribution in [2.75, 3.05) is 33.7 Å². The molecule has 1 aliphatic rings. The number of aryl methyl sites for hydroxylation is 3. The van der Waals surface area contributed by atoms with Crippen molar-refractivity contribution in [1.29, 1.82) is 0 Å². The zero-order valence-corrected chi connectivity index (χ0v) is 14.3. The number of hydrogen-bond acceptors (Lipinski definition) is 3. The SMILES string of the molecule is Cc1cc(C)c(C(N)CN(C)CC2CCCN2C)c(C)c1. The monoisotopic (exact) mass is 289 g/mol. The summed E-state index contributed by atoms with van der Waals surface area (Å²) < 4.78 is 0. The maximum Gasteiger partial charge on any atom is 0.0429 e. The maximum atomic E-state index is 6.50. The van der Waals surface area contributed by atoms with E-state index in [4.69, 9.17) is 5.73 Å². The molecule has 1 fully saturated rings. The lowest BCUT2D eigenvalue weighted by molar-refractivity contribution is 0.213. The first-order valence-electron chi connectivity index (χ1n) is 8.10. The molecule has 1 aliphatic heterocycles. The molecule has 0 spiro atoms. The predicted octanol–water partition coefficient (Wildman–Crippen LogP) is 2.64. The fraction of sp³-hybridized carbons (Fsp3) is 0.667. The molecule has 1 saturated heterocycles. The topological polar surface area (TPSA) is 32.5 Å². The predicted molar refractivity (Wildman–Crippen MR) is 90.7 cm³/mol. The highest BCUT2D eigenvalue weighted by molar-refractivity contribution is 5.39. The molecular formula is C18H31N3. The van der Waals surface area contributed by atoms with E-state index < -0.39 is 0 Å². The van der Waals surface area contributed by atoms with Gasteiger partial charge in [0.05, 0.1) is 0 Å². The number of likely N-dealkylation sites (N-methyl/N-ethyl adjacent to an activating group) is 2. The van der Waals surface area contributed by atoms with E-state index in [-0.39, 0.29) is 6.04 Å². The summed E-state index contributed by atoms with van der Waals surface area (Å²) in [6.45, 7) is 9.79. The summed E-state index contributed by atoms with van der Waals surface area (Å²) in [6.07, 6.45) is 2.65. The van der Waals surface area contributed by atoms with Crippen molar-refractivity contribution in [3.05, 3.63) is 34.4 Å². The van der Waals surface area contributed by atoms with Gasteiger partial charge in [0.25, 0.3) is 0 Å². The lowest BCUT2D eigenvalue weighted by Crippen LogP contribution is -2.39. The van der Waals surface area contributed by atoms with Crippen LogP contribution in [0.3, 0.4) is 0 Å². The Labute approximate surface area is 130 Å². The second kappa shape index (κ2) is 6.91. The average molecular weight is 289 g/mol. The lowest BCUT2D eigenvalue weighted by atomic mass is 9.94. The Morgan fingerprint density at radius 3 is 2.43 bits per heavy atom. The molecule has 2 unspecified atom stereocenters. The molecule has 0 bridgehead atoms. The summed E-state index contributed by atoms with van der Waals surface area (Å²) in [5.41, 5.74) is 11.8. The molecule has 2 rings (SSSR count). The van der Waals surface area contributed by atoms with Gasteiger partial charge in [-0.1, -0.05) is 17.7 Å². The van der Waals surface area contributed by atoms with Crippen LogP contribution in [-0.2, 0) is 0 Å². The van der Waals surface area contributed by atoms with Crippen LogP contribution in [0.2, 0.25) is 0 Å². The van der Waals surface area contributed by atoms with E-state index in [9.17, 15) is 0 Å². The minimum Gasteiger partial charge on any atom is -0.323 e. The third kappa shape index (κ3) is 4.06. The largest absolute Gasteiger partial charge is 0.323 e. The average Bonchev–Trinajstić information content (AvgIpc) is 2.73. The summed E-state index contributed by atoms with van der Waals surface area (Å²) in [7, 11) is 4.44. The summed E-state index contributed by atoms with van der Waals surface area (Å²) >= 11 is 0. The van der Waals surface area contributed by atoms with Crippen LogP contribution in [0.4, 0.5) is 0 Å². The second-order valence-electron chi connectivity index (χ2n) is 6.92. The van der Waals surface area contributed by atoms with E-state index in [1.807, 2.05) is 0 Å². The minimum absolute atomic E-state index is 0.0994. The first-order valence-corrected chi connectivity index (χ1v) is 8.10. The molecule has 0 aromatic heterocycles. The Bertz CT molecular complexity index is 460. The molecule has 1 aromatic carbocycles. The Morgan fingerprint density at radius 1 is 1.29 bits per heavy atom. The molecule has 21 heavy (non-hydrogen) atoms.